The van der Waals surface area contributed by atoms with Crippen molar-refractivity contribution < 1.29 is 138 Å². The third-order valence-corrected chi connectivity index (χ3v) is 0. The summed E-state index contributed by atoms with van der Waals surface area (Å²) in [6, 6.07) is 0. The summed E-state index contributed by atoms with van der Waals surface area (Å²) >= 11 is 0. The molecule has 0 amide bonds. The quantitative estimate of drug-likeness (QED) is 0.241. The Balaban J connectivity index is -0.00000000667. The Morgan fingerprint density at radius 1 is 1.00 bits per heavy atom. The molecule has 6 heavy (non-hydrogen) atoms. The van der Waals surface area contributed by atoms with E-state index in [0.717, 1.165) is 0 Å². The molecule has 0 aromatic heterocycles. The molecule has 0 N–H and O–H groups in total. The van der Waals surface area contributed by atoms with Crippen LogP contribution in [-0.2, 0) is 0 Å². The van der Waals surface area contributed by atoms with Gasteiger partial charge in [0.05, 0.1) is 0 Å². The van der Waals surface area contributed by atoms with E-state index in [-0.39, 0.29) is 150 Å². The van der Waals surface area contributed by atoms with Gasteiger partial charge < -0.3 is 11.1 Å². The molecule has 0 unspecified atom stereocenters. The fourth-order valence-corrected chi connectivity index (χ4v) is 0. The van der Waals surface area contributed by atoms with Gasteiger partial charge in [-0.05, 0) is 0 Å². The molecule has 0 aliphatic heterocycles. The fourth-order valence-electron chi connectivity index (χ4n) is 0. The van der Waals surface area contributed by atoms with Gasteiger partial charge in [-0.3, -0.25) is 4.91 Å². The summed E-state index contributed by atoms with van der Waals surface area (Å²) in [5.74, 6) is 0. The van der Waals surface area contributed by atoms with Crippen LogP contribution in [0, 0.1) is 0 Å². The van der Waals surface area contributed by atoms with E-state index in [1.54, 1.807) is 0 Å². The Hall–Kier alpha value is 3.70. The van der Waals surface area contributed by atoms with Crippen molar-refractivity contribution in [2.24, 2.45) is 0 Å². The molecule has 0 aliphatic carbocycles. The van der Waals surface area contributed by atoms with E-state index in [2.05, 4.69) is 0 Å². The normalized spacial score (nSPS) is 1.33. The number of nitrogens with zero attached hydrogens (tertiary/aromatic N) is 3. The minimum atomic E-state index is 0. The van der Waals surface area contributed by atoms with E-state index in [9.17, 15) is 0 Å². The van der Waals surface area contributed by atoms with Crippen molar-refractivity contribution in [3.05, 3.63) is 16.0 Å². The third kappa shape index (κ3) is 25.2. The number of halogens is 1. The largest absolute Gasteiger partial charge is 1.00 e. The maximum Gasteiger partial charge on any atom is 1.00 e. The molecule has 3 nitrogen and oxygen atoms in total. The zero-order valence-electron chi connectivity index (χ0n) is 3.75. The second-order valence-electron chi connectivity index (χ2n) is 0.0894. The first-order chi connectivity index (χ1) is 1.41. The number of rotatable bonds is 0. The summed E-state index contributed by atoms with van der Waals surface area (Å²) in [6.07, 6.45) is 0. The fraction of sp³-hybridized carbons (Fsp3) is 0. The van der Waals surface area contributed by atoms with Gasteiger partial charge >= 0.3 is 138 Å². The standard InChI is InChI=1S/ClH.2Cs.N3/c;;;1-3-2/h1H;;;/q;2*+1;-1. The molecule has 0 heterocycles. The van der Waals surface area contributed by atoms with Crippen molar-refractivity contribution >= 4 is 12.4 Å². The zero-order chi connectivity index (χ0) is 2.71. The van der Waals surface area contributed by atoms with Gasteiger partial charge in [0.2, 0.25) is 0 Å². The second kappa shape index (κ2) is 23.3. The van der Waals surface area contributed by atoms with Gasteiger partial charge in [0, 0.05) is 0 Å². The average Bonchev–Trinajstić information content (AvgIpc) is 0.918. The third-order valence-electron chi connectivity index (χ3n) is 0. The summed E-state index contributed by atoms with van der Waals surface area (Å²) in [5.41, 5.74) is 13.5. The van der Waals surface area contributed by atoms with E-state index in [4.69, 9.17) is 11.1 Å². The molecule has 0 aromatic rings. The first-order valence-corrected chi connectivity index (χ1v) is 0.400. The SMILES string of the molecule is Cl.[Cs+].[Cs+].[N-]=[N+]=[N-]. The van der Waals surface area contributed by atoms with E-state index in [1.165, 1.54) is 4.91 Å². The summed E-state index contributed by atoms with van der Waals surface area (Å²) in [4.78, 5) is 1.50. The van der Waals surface area contributed by atoms with Crippen molar-refractivity contribution in [1.82, 2.24) is 0 Å². The predicted molar refractivity (Wildman–Crippen MR) is 17.3 cm³/mol. The first-order valence-electron chi connectivity index (χ1n) is 0.400. The number of hydrogen-bond donors (Lipinski definition) is 0. The van der Waals surface area contributed by atoms with Crippen LogP contribution in [0.25, 0.3) is 16.0 Å². The Bertz CT molecular complexity index is 29.8. The number of hydrogen-bond acceptors (Lipinski definition) is 0. The Kier molecular flexibility index (Phi) is 87.9. The van der Waals surface area contributed by atoms with Gasteiger partial charge in [0.15, 0.2) is 0 Å². The molecular weight excluding hydrogens is 343 g/mol. The summed E-state index contributed by atoms with van der Waals surface area (Å²) < 4.78 is 0. The van der Waals surface area contributed by atoms with Gasteiger partial charge in [-0.2, -0.15) is 0 Å². The van der Waals surface area contributed by atoms with E-state index in [1.807, 2.05) is 0 Å². The van der Waals surface area contributed by atoms with Crippen LogP contribution in [0.5, 0.6) is 0 Å². The first kappa shape index (κ1) is 22.6. The maximum atomic E-state index is 6.75. The van der Waals surface area contributed by atoms with Crippen LogP contribution in [0.15, 0.2) is 0 Å². The van der Waals surface area contributed by atoms with Crippen molar-refractivity contribution in [2.45, 2.75) is 0 Å². The summed E-state index contributed by atoms with van der Waals surface area (Å²) in [5, 5.41) is 0. The molecule has 6 heteroatoms. The Morgan fingerprint density at radius 2 is 1.00 bits per heavy atom. The Labute approximate surface area is 160 Å². The molecule has 0 bridgehead atoms. The van der Waals surface area contributed by atoms with Crippen molar-refractivity contribution in [3.63, 3.8) is 0 Å². The van der Waals surface area contributed by atoms with Crippen LogP contribution in [-0.4, -0.2) is 0 Å². The zero-order valence-corrected chi connectivity index (χ0v) is 17.1. The average molecular weight is 344 g/mol. The minimum absolute atomic E-state index is 0. The molecule has 0 aromatic carbocycles. The van der Waals surface area contributed by atoms with Gasteiger partial charge in [-0.25, -0.2) is 0 Å². The van der Waals surface area contributed by atoms with Crippen molar-refractivity contribution in [1.29, 1.82) is 0 Å². The van der Waals surface area contributed by atoms with Crippen molar-refractivity contribution in [2.75, 3.05) is 0 Å². The van der Waals surface area contributed by atoms with Gasteiger partial charge in [0.25, 0.3) is 0 Å². The van der Waals surface area contributed by atoms with Crippen LogP contribution in [0.3, 0.4) is 0 Å². The van der Waals surface area contributed by atoms with Gasteiger partial charge in [-0.15, -0.1) is 12.4 Å². The topological polar surface area (TPSA) is 58.7 Å². The van der Waals surface area contributed by atoms with Crippen LogP contribution >= 0.6 is 12.4 Å². The second-order valence-corrected chi connectivity index (χ2v) is 0.0894. The van der Waals surface area contributed by atoms with Crippen LogP contribution in [0.2, 0.25) is 0 Å². The maximum absolute atomic E-state index is 6.75. The minimum Gasteiger partial charge on any atom is -0.373 e. The predicted octanol–water partition coefficient (Wildman–Crippen LogP) is -4.70. The molecule has 0 saturated heterocycles. The van der Waals surface area contributed by atoms with E-state index < -0.39 is 0 Å². The van der Waals surface area contributed by atoms with Crippen LogP contribution < -0.4 is 138 Å². The molecule has 24 valence electrons. The molecule has 0 aliphatic rings. The summed E-state index contributed by atoms with van der Waals surface area (Å²) in [6.45, 7) is 0. The van der Waals surface area contributed by atoms with Gasteiger partial charge in [-0.1, -0.05) is 0 Å². The molecule has 0 spiro atoms. The molecule has 0 fully saturated rings. The molecule has 0 saturated carbocycles. The van der Waals surface area contributed by atoms with Crippen LogP contribution in [0.1, 0.15) is 0 Å². The van der Waals surface area contributed by atoms with Crippen molar-refractivity contribution in [3.8, 4) is 0 Å². The molecule has 0 atom stereocenters. The molecule has 0 radical (unpaired) electrons. The van der Waals surface area contributed by atoms with E-state index in [0.29, 0.717) is 0 Å². The smallest absolute Gasteiger partial charge is 0.373 e. The van der Waals surface area contributed by atoms with Crippen LogP contribution in [0.4, 0.5) is 0 Å². The summed E-state index contributed by atoms with van der Waals surface area (Å²) in [7, 11) is 0. The molecular formula is HClCs2N3+. The Morgan fingerprint density at radius 3 is 1.00 bits per heavy atom. The molecule has 0 rings (SSSR count). The van der Waals surface area contributed by atoms with E-state index >= 15 is 0 Å². The van der Waals surface area contributed by atoms with Gasteiger partial charge in [0.1, 0.15) is 0 Å². The monoisotopic (exact) mass is 344 g/mol.